The van der Waals surface area contributed by atoms with Crippen molar-refractivity contribution in [2.45, 2.75) is 45.4 Å². The lowest BCUT2D eigenvalue weighted by molar-refractivity contribution is -0.662. The van der Waals surface area contributed by atoms with Gasteiger partial charge in [-0.3, -0.25) is 0 Å². The quantitative estimate of drug-likeness (QED) is 0.328. The van der Waals surface area contributed by atoms with Gasteiger partial charge in [-0.15, -0.1) is 0 Å². The largest absolute Gasteiger partial charge is 0.343 e. The van der Waals surface area contributed by atoms with Crippen molar-refractivity contribution in [1.82, 2.24) is 4.98 Å². The van der Waals surface area contributed by atoms with Crippen LogP contribution in [0.2, 0.25) is 0 Å². The first-order valence-corrected chi connectivity index (χ1v) is 12.1. The second-order valence-electron chi connectivity index (χ2n) is 10.5. The van der Waals surface area contributed by atoms with Gasteiger partial charge in [-0.2, -0.15) is 0 Å². The van der Waals surface area contributed by atoms with Gasteiger partial charge in [0.05, 0.1) is 23.8 Å². The van der Waals surface area contributed by atoms with E-state index in [-0.39, 0.29) is 0 Å². The van der Waals surface area contributed by atoms with E-state index in [0.717, 1.165) is 17.4 Å². The molecule has 3 heteroatoms. The number of aromatic nitrogens is 2. The van der Waals surface area contributed by atoms with E-state index in [2.05, 4.69) is 73.8 Å². The molecule has 7 rings (SSSR count). The van der Waals surface area contributed by atoms with Crippen LogP contribution in [-0.2, 0) is 7.05 Å². The van der Waals surface area contributed by atoms with Gasteiger partial charge in [0, 0.05) is 12.6 Å². The summed E-state index contributed by atoms with van der Waals surface area (Å²) in [4.78, 5) is 7.39. The minimum atomic E-state index is 0.711. The topological polar surface area (TPSA) is 20.0 Å². The molecular weight excluding hydrogens is 390 g/mol. The maximum Gasteiger partial charge on any atom is 0.287 e. The summed E-state index contributed by atoms with van der Waals surface area (Å²) in [6.45, 7) is 4.58. The normalized spacial score (nSPS) is 23.4. The molecule has 4 aromatic rings. The number of hydrogen-bond donors (Lipinski definition) is 0. The number of anilines is 2. The Morgan fingerprint density at radius 2 is 1.78 bits per heavy atom. The van der Waals surface area contributed by atoms with Crippen LogP contribution >= 0.6 is 0 Å². The summed E-state index contributed by atoms with van der Waals surface area (Å²) in [6.07, 6.45) is 7.67. The smallest absolute Gasteiger partial charge is 0.287 e. The summed E-state index contributed by atoms with van der Waals surface area (Å²) in [6, 6.07) is 13.8. The molecule has 2 aliphatic carbocycles. The Balaban J connectivity index is 1.57. The molecular formula is C29H30N3+. The number of benzene rings is 3. The van der Waals surface area contributed by atoms with Crippen molar-refractivity contribution in [3.8, 4) is 11.3 Å². The summed E-state index contributed by atoms with van der Waals surface area (Å²) in [5.41, 5.74) is 10.7. The number of rotatable bonds is 1. The van der Waals surface area contributed by atoms with Crippen LogP contribution in [0.3, 0.4) is 0 Å². The highest BCUT2D eigenvalue weighted by Gasteiger charge is 2.41. The molecule has 3 unspecified atom stereocenters. The lowest BCUT2D eigenvalue weighted by Gasteiger charge is -2.33. The second-order valence-corrected chi connectivity index (χ2v) is 10.5. The van der Waals surface area contributed by atoms with Gasteiger partial charge < -0.3 is 4.90 Å². The summed E-state index contributed by atoms with van der Waals surface area (Å²) in [5.74, 6) is 2.53. The average Bonchev–Trinajstić information content (AvgIpc) is 3.44. The molecule has 0 radical (unpaired) electrons. The maximum atomic E-state index is 4.94. The van der Waals surface area contributed by atoms with E-state index >= 15 is 0 Å². The minimum Gasteiger partial charge on any atom is -0.343 e. The molecule has 160 valence electrons. The van der Waals surface area contributed by atoms with Crippen LogP contribution in [0.4, 0.5) is 11.4 Å². The van der Waals surface area contributed by atoms with Crippen LogP contribution < -0.4 is 9.47 Å². The minimum absolute atomic E-state index is 0.711. The predicted octanol–water partition coefficient (Wildman–Crippen LogP) is 6.48. The van der Waals surface area contributed by atoms with Gasteiger partial charge in [0.2, 0.25) is 0 Å². The van der Waals surface area contributed by atoms with Crippen LogP contribution in [0, 0.1) is 25.7 Å². The van der Waals surface area contributed by atoms with Gasteiger partial charge in [-0.1, -0.05) is 30.7 Å². The Morgan fingerprint density at radius 1 is 1.00 bits per heavy atom. The fourth-order valence-electron chi connectivity index (χ4n) is 7.39. The van der Waals surface area contributed by atoms with Crippen molar-refractivity contribution in [1.29, 1.82) is 0 Å². The SMILES string of the molecule is Cc1c2c(c(C)c3ccccc13)N(C)c1cc(C3CC4CCC3C4)cc3nc[n+](C)c-2c13. The Morgan fingerprint density at radius 3 is 2.50 bits per heavy atom. The predicted molar refractivity (Wildman–Crippen MR) is 132 cm³/mol. The van der Waals surface area contributed by atoms with E-state index in [9.17, 15) is 0 Å². The molecule has 1 aromatic heterocycles. The highest BCUT2D eigenvalue weighted by molar-refractivity contribution is 6.13. The summed E-state index contributed by atoms with van der Waals surface area (Å²) in [7, 11) is 4.41. The average molecular weight is 421 g/mol. The molecule has 2 fully saturated rings. The first-order valence-electron chi connectivity index (χ1n) is 12.1. The van der Waals surface area contributed by atoms with Crippen LogP contribution in [0.15, 0.2) is 42.7 Å². The van der Waals surface area contributed by atoms with Gasteiger partial charge in [-0.05, 0) is 95.4 Å². The molecule has 1 aliphatic heterocycles. The van der Waals surface area contributed by atoms with Crippen LogP contribution in [0.1, 0.15) is 48.3 Å². The second kappa shape index (κ2) is 6.31. The molecule has 0 spiro atoms. The molecule has 0 saturated heterocycles. The number of nitrogens with zero attached hydrogens (tertiary/aromatic N) is 3. The third-order valence-corrected chi connectivity index (χ3v) is 8.88. The van der Waals surface area contributed by atoms with E-state index in [1.165, 1.54) is 81.2 Å². The maximum absolute atomic E-state index is 4.94. The Bertz CT molecular complexity index is 1450. The summed E-state index contributed by atoms with van der Waals surface area (Å²) in [5, 5.41) is 4.01. The van der Waals surface area contributed by atoms with E-state index in [1.54, 1.807) is 0 Å². The third-order valence-electron chi connectivity index (χ3n) is 8.88. The zero-order valence-corrected chi connectivity index (χ0v) is 19.4. The lowest BCUT2D eigenvalue weighted by Crippen LogP contribution is -2.34. The molecule has 2 heterocycles. The third kappa shape index (κ3) is 2.27. The fourth-order valence-corrected chi connectivity index (χ4v) is 7.39. The van der Waals surface area contributed by atoms with Gasteiger partial charge in [-0.25, -0.2) is 4.57 Å². The van der Waals surface area contributed by atoms with Crippen molar-refractivity contribution in [3.05, 3.63) is 59.4 Å². The zero-order valence-electron chi connectivity index (χ0n) is 19.4. The molecule has 32 heavy (non-hydrogen) atoms. The van der Waals surface area contributed by atoms with Gasteiger partial charge >= 0.3 is 0 Å². The van der Waals surface area contributed by atoms with E-state index in [4.69, 9.17) is 4.98 Å². The fraction of sp³-hybridized carbons (Fsp3) is 0.379. The number of aryl methyl sites for hydroxylation is 3. The Labute approximate surface area is 189 Å². The summed E-state index contributed by atoms with van der Waals surface area (Å²) < 4.78 is 2.23. The molecule has 3 atom stereocenters. The zero-order chi connectivity index (χ0) is 21.7. The first kappa shape index (κ1) is 18.6. The standard InChI is InChI=1S/C29H30N3/c1-16-21-7-5-6-8-22(21)17(2)28-26(16)29-27-24(30-15-31(29)3)13-20(14-25(27)32(28)4)23-12-18-9-10-19(23)11-18/h5-8,13-15,18-19,23H,9-12H2,1-4H3/q+1. The lowest BCUT2D eigenvalue weighted by atomic mass is 9.81. The van der Waals surface area contributed by atoms with Crippen LogP contribution in [0.5, 0.6) is 0 Å². The molecule has 0 amide bonds. The monoisotopic (exact) mass is 420 g/mol. The molecule has 2 saturated carbocycles. The first-order chi connectivity index (χ1) is 15.5. The van der Waals surface area contributed by atoms with E-state index in [0.29, 0.717) is 5.92 Å². The van der Waals surface area contributed by atoms with Crippen molar-refractivity contribution < 1.29 is 4.57 Å². The van der Waals surface area contributed by atoms with Crippen LogP contribution in [-0.4, -0.2) is 12.0 Å². The Kier molecular flexibility index (Phi) is 3.67. The number of fused-ring (bicyclic) bond motifs is 5. The van der Waals surface area contributed by atoms with E-state index in [1.807, 2.05) is 6.33 Å². The van der Waals surface area contributed by atoms with Gasteiger partial charge in [0.25, 0.3) is 6.33 Å². The molecule has 3 nitrogen and oxygen atoms in total. The molecule has 3 aliphatic rings. The number of hydrogen-bond acceptors (Lipinski definition) is 2. The van der Waals surface area contributed by atoms with Crippen molar-refractivity contribution in [2.24, 2.45) is 18.9 Å². The summed E-state index contributed by atoms with van der Waals surface area (Å²) >= 11 is 0. The van der Waals surface area contributed by atoms with Crippen LogP contribution in [0.25, 0.3) is 32.9 Å². The van der Waals surface area contributed by atoms with E-state index < -0.39 is 0 Å². The molecule has 2 bridgehead atoms. The van der Waals surface area contributed by atoms with Gasteiger partial charge in [0.1, 0.15) is 5.69 Å². The molecule has 3 aromatic carbocycles. The Hall–Kier alpha value is -2.94. The van der Waals surface area contributed by atoms with Crippen molar-refractivity contribution >= 4 is 33.1 Å². The van der Waals surface area contributed by atoms with Gasteiger partial charge in [0.15, 0.2) is 5.52 Å². The van der Waals surface area contributed by atoms with Crippen molar-refractivity contribution in [3.63, 3.8) is 0 Å². The highest BCUT2D eigenvalue weighted by Crippen LogP contribution is 2.55. The van der Waals surface area contributed by atoms with Crippen molar-refractivity contribution in [2.75, 3.05) is 11.9 Å². The molecule has 0 N–H and O–H groups in total. The highest BCUT2D eigenvalue weighted by atomic mass is 15.1.